The molecule has 2 aromatic heterocycles. The average Bonchev–Trinajstić information content (AvgIpc) is 3.25. The summed E-state index contributed by atoms with van der Waals surface area (Å²) in [5.74, 6) is -0.429. The highest BCUT2D eigenvalue weighted by atomic mass is 16.5. The van der Waals surface area contributed by atoms with Crippen molar-refractivity contribution in [1.29, 1.82) is 0 Å². The van der Waals surface area contributed by atoms with Crippen LogP contribution in [0.3, 0.4) is 0 Å². The number of nitrogens with one attached hydrogen (secondary N) is 3. The number of nitrogens with zero attached hydrogens (tertiary/aromatic N) is 4. The van der Waals surface area contributed by atoms with Gasteiger partial charge in [0, 0.05) is 43.8 Å². The number of hydrogen-bond donors (Lipinski definition) is 4. The predicted octanol–water partition coefficient (Wildman–Crippen LogP) is 1.59. The number of carbonyl (C=O) groups excluding carboxylic acids is 3. The lowest BCUT2D eigenvalue weighted by Gasteiger charge is -2.07. The van der Waals surface area contributed by atoms with Gasteiger partial charge in [0.1, 0.15) is 11.8 Å². The monoisotopic (exact) mass is 496 g/mol. The third kappa shape index (κ3) is 8.89. The molecule has 0 spiro atoms. The minimum absolute atomic E-state index is 0.194. The Balaban J connectivity index is 0.000000548. The number of ether oxygens (including phenoxy) is 1. The summed E-state index contributed by atoms with van der Waals surface area (Å²) in [5, 5.41) is 11.8. The Bertz CT molecular complexity index is 1190. The fraction of sp³-hybridized carbons (Fsp3) is 0.250. The third-order valence-electron chi connectivity index (χ3n) is 4.27. The zero-order chi connectivity index (χ0) is 26.9. The van der Waals surface area contributed by atoms with Crippen molar-refractivity contribution in [2.75, 3.05) is 26.4 Å². The normalized spacial score (nSPS) is 12.0. The van der Waals surface area contributed by atoms with E-state index in [2.05, 4.69) is 31.0 Å². The van der Waals surface area contributed by atoms with Crippen LogP contribution in [-0.2, 0) is 14.3 Å². The Morgan fingerprint density at radius 1 is 1.25 bits per heavy atom. The van der Waals surface area contributed by atoms with Crippen LogP contribution >= 0.6 is 0 Å². The Morgan fingerprint density at radius 2 is 2.00 bits per heavy atom. The number of anilines is 1. The number of fused-ring (bicyclic) bond motifs is 1. The SMILES string of the molecule is CN=CNC(=O)/C=C/NC.C\C=C/C(=C\C=C(/C)NC=O)c1c(C(=O)OCC)cn2ncnc(N)c12. The molecule has 12 nitrogen and oxygen atoms in total. The standard InChI is InChI=1S/C18H21N5O3.C6H11N3O/c1-4-6-13(8-7-12(3)21-11-24)15-14(18(25)26-5-2)9-23-16(15)17(19)20-10-22-23;1-7-4-3-6(10)9-5-8-2/h4,6-11H,5H2,1-3H3,(H,21,24)(H2,19,20,22);3-5,7H,1-2H3,(H,8,9,10)/b6-4-,12-7+,13-8+;4-3+. The number of amides is 2. The minimum Gasteiger partial charge on any atom is -0.462 e. The molecule has 2 aromatic rings. The Labute approximate surface area is 209 Å². The molecule has 0 bridgehead atoms. The van der Waals surface area contributed by atoms with Gasteiger partial charge in [-0.3, -0.25) is 14.6 Å². The van der Waals surface area contributed by atoms with Crippen molar-refractivity contribution in [3.05, 3.63) is 65.9 Å². The van der Waals surface area contributed by atoms with Gasteiger partial charge in [-0.2, -0.15) is 5.10 Å². The summed E-state index contributed by atoms with van der Waals surface area (Å²) >= 11 is 0. The molecule has 12 heteroatoms. The van der Waals surface area contributed by atoms with Crippen molar-refractivity contribution in [2.45, 2.75) is 20.8 Å². The maximum atomic E-state index is 12.4. The van der Waals surface area contributed by atoms with E-state index in [4.69, 9.17) is 10.5 Å². The first-order valence-corrected chi connectivity index (χ1v) is 10.9. The maximum Gasteiger partial charge on any atom is 0.340 e. The van der Waals surface area contributed by atoms with E-state index in [1.165, 1.54) is 23.3 Å². The van der Waals surface area contributed by atoms with Gasteiger partial charge in [-0.15, -0.1) is 0 Å². The number of hydrogen-bond acceptors (Lipinski definition) is 9. The number of aromatic nitrogens is 3. The van der Waals surface area contributed by atoms with Crippen LogP contribution in [0.4, 0.5) is 5.82 Å². The van der Waals surface area contributed by atoms with E-state index in [0.717, 1.165) is 0 Å². The Kier molecular flexibility index (Phi) is 13.0. The highest BCUT2D eigenvalue weighted by Gasteiger charge is 2.22. The highest BCUT2D eigenvalue weighted by molar-refractivity contribution is 6.03. The molecule has 0 fully saturated rings. The summed E-state index contributed by atoms with van der Waals surface area (Å²) in [4.78, 5) is 41.2. The number of rotatable bonds is 10. The van der Waals surface area contributed by atoms with Crippen LogP contribution in [0.1, 0.15) is 36.7 Å². The molecule has 0 atom stereocenters. The van der Waals surface area contributed by atoms with Crippen molar-refractivity contribution in [2.24, 2.45) is 4.99 Å². The van der Waals surface area contributed by atoms with Crippen molar-refractivity contribution >= 4 is 41.5 Å². The van der Waals surface area contributed by atoms with E-state index in [1.807, 2.05) is 19.1 Å². The molecule has 0 aliphatic heterocycles. The molecular formula is C24H32N8O4. The molecule has 2 heterocycles. The molecule has 0 unspecified atom stereocenters. The second-order valence-electron chi connectivity index (χ2n) is 6.83. The van der Waals surface area contributed by atoms with Gasteiger partial charge in [-0.05, 0) is 32.4 Å². The first-order chi connectivity index (χ1) is 17.3. The van der Waals surface area contributed by atoms with E-state index >= 15 is 0 Å². The molecule has 0 saturated carbocycles. The number of allylic oxidation sites excluding steroid dienone is 6. The summed E-state index contributed by atoms with van der Waals surface area (Å²) in [5.41, 5.74) is 8.78. The van der Waals surface area contributed by atoms with Crippen LogP contribution in [0.25, 0.3) is 11.1 Å². The number of carbonyl (C=O) groups is 3. The van der Waals surface area contributed by atoms with Gasteiger partial charge < -0.3 is 26.4 Å². The lowest BCUT2D eigenvalue weighted by molar-refractivity contribution is -0.115. The van der Waals surface area contributed by atoms with E-state index in [9.17, 15) is 14.4 Å². The predicted molar refractivity (Wildman–Crippen MR) is 140 cm³/mol. The lowest BCUT2D eigenvalue weighted by atomic mass is 10.0. The molecule has 2 rings (SSSR count). The molecule has 0 saturated heterocycles. The van der Waals surface area contributed by atoms with Gasteiger partial charge in [0.05, 0.1) is 18.5 Å². The summed E-state index contributed by atoms with van der Waals surface area (Å²) in [6.45, 7) is 5.59. The van der Waals surface area contributed by atoms with Crippen molar-refractivity contribution < 1.29 is 19.1 Å². The summed E-state index contributed by atoms with van der Waals surface area (Å²) in [6, 6.07) is 0. The molecule has 0 radical (unpaired) electrons. The van der Waals surface area contributed by atoms with Gasteiger partial charge in [0.2, 0.25) is 12.3 Å². The van der Waals surface area contributed by atoms with E-state index in [-0.39, 0.29) is 18.3 Å². The maximum absolute atomic E-state index is 12.4. The molecule has 0 aromatic carbocycles. The van der Waals surface area contributed by atoms with E-state index in [0.29, 0.717) is 34.3 Å². The van der Waals surface area contributed by atoms with Crippen LogP contribution in [-0.4, -0.2) is 59.9 Å². The smallest absolute Gasteiger partial charge is 0.340 e. The molecule has 5 N–H and O–H groups in total. The second kappa shape index (κ2) is 16.0. The van der Waals surface area contributed by atoms with Crippen LogP contribution in [0.2, 0.25) is 0 Å². The van der Waals surface area contributed by atoms with Crippen molar-refractivity contribution in [3.8, 4) is 0 Å². The minimum atomic E-state index is -0.477. The fourth-order valence-electron chi connectivity index (χ4n) is 2.78. The van der Waals surface area contributed by atoms with Crippen LogP contribution in [0, 0.1) is 0 Å². The van der Waals surface area contributed by atoms with Gasteiger partial charge in [-0.25, -0.2) is 14.3 Å². The Morgan fingerprint density at radius 3 is 2.61 bits per heavy atom. The lowest BCUT2D eigenvalue weighted by Crippen LogP contribution is -2.19. The quantitative estimate of drug-likeness (QED) is 0.0961. The number of nitrogens with two attached hydrogens (primary N) is 1. The number of aliphatic imine (C=N–C) groups is 1. The molecule has 0 aliphatic carbocycles. The average molecular weight is 497 g/mol. The zero-order valence-corrected chi connectivity index (χ0v) is 21.0. The molecular weight excluding hydrogens is 464 g/mol. The van der Waals surface area contributed by atoms with E-state index in [1.54, 1.807) is 52.5 Å². The van der Waals surface area contributed by atoms with Crippen molar-refractivity contribution in [1.82, 2.24) is 30.5 Å². The molecule has 2 amide bonds. The second-order valence-corrected chi connectivity index (χ2v) is 6.83. The van der Waals surface area contributed by atoms with Crippen molar-refractivity contribution in [3.63, 3.8) is 0 Å². The fourth-order valence-corrected chi connectivity index (χ4v) is 2.78. The van der Waals surface area contributed by atoms with Crippen LogP contribution < -0.4 is 21.7 Å². The van der Waals surface area contributed by atoms with Crippen LogP contribution in [0.5, 0.6) is 0 Å². The largest absolute Gasteiger partial charge is 0.462 e. The number of nitrogen functional groups attached to an aromatic ring is 1. The summed E-state index contributed by atoms with van der Waals surface area (Å²) < 4.78 is 6.67. The highest BCUT2D eigenvalue weighted by Crippen LogP contribution is 2.30. The van der Waals surface area contributed by atoms with Gasteiger partial charge in [0.15, 0.2) is 5.82 Å². The summed E-state index contributed by atoms with van der Waals surface area (Å²) in [6.07, 6.45) is 14.9. The molecule has 0 aliphatic rings. The van der Waals surface area contributed by atoms with Crippen LogP contribution in [0.15, 0.2) is 59.8 Å². The van der Waals surface area contributed by atoms with Gasteiger partial charge in [-0.1, -0.05) is 18.2 Å². The van der Waals surface area contributed by atoms with Gasteiger partial charge in [0.25, 0.3) is 0 Å². The third-order valence-corrected chi connectivity index (χ3v) is 4.27. The number of esters is 1. The first kappa shape index (κ1) is 29.3. The van der Waals surface area contributed by atoms with E-state index < -0.39 is 5.97 Å². The molecule has 36 heavy (non-hydrogen) atoms. The van der Waals surface area contributed by atoms with Gasteiger partial charge >= 0.3 is 5.97 Å². The Hall–Kier alpha value is -4.74. The summed E-state index contributed by atoms with van der Waals surface area (Å²) in [7, 11) is 3.31. The zero-order valence-electron chi connectivity index (χ0n) is 21.0. The first-order valence-electron chi connectivity index (χ1n) is 10.9. The topological polar surface area (TPSA) is 165 Å². The molecule has 192 valence electrons.